The lowest BCUT2D eigenvalue weighted by molar-refractivity contribution is -0.139. The number of nitrogens with one attached hydrogen (secondary N) is 1. The maximum absolute atomic E-state index is 10.2. The van der Waals surface area contributed by atoms with E-state index in [0.717, 1.165) is 0 Å². The van der Waals surface area contributed by atoms with E-state index in [9.17, 15) is 14.4 Å². The van der Waals surface area contributed by atoms with E-state index >= 15 is 0 Å². The van der Waals surface area contributed by atoms with Gasteiger partial charge in [0.2, 0.25) is 5.91 Å². The van der Waals surface area contributed by atoms with E-state index in [4.69, 9.17) is 27.5 Å². The van der Waals surface area contributed by atoms with Crippen molar-refractivity contribution < 1.29 is 24.6 Å². The molecule has 1 amide bonds. The van der Waals surface area contributed by atoms with Crippen LogP contribution in [0.4, 0.5) is 0 Å². The number of carbonyl (C=O) groups excluding carboxylic acids is 1. The molecular weight excluding hydrogens is 232 g/mol. The van der Waals surface area contributed by atoms with Crippen LogP contribution in [-0.2, 0) is 14.4 Å². The highest BCUT2D eigenvalue weighted by Gasteiger charge is 2.10. The molecule has 0 saturated heterocycles. The Bertz CT molecular complexity index is 271. The average molecular weight is 250 g/mol. The predicted molar refractivity (Wildman–Crippen MR) is 58.5 cm³/mol. The predicted octanol–water partition coefficient (Wildman–Crippen LogP) is -2.41. The zero-order chi connectivity index (χ0) is 14.0. The van der Waals surface area contributed by atoms with E-state index in [-0.39, 0.29) is 12.8 Å². The molecule has 0 fully saturated rings. The highest BCUT2D eigenvalue weighted by Crippen LogP contribution is 1.92. The lowest BCUT2D eigenvalue weighted by atomic mass is 10.1. The minimum atomic E-state index is -0.975. The van der Waals surface area contributed by atoms with Gasteiger partial charge in [0.25, 0.3) is 0 Å². The van der Waals surface area contributed by atoms with Crippen molar-refractivity contribution in [3.63, 3.8) is 0 Å². The number of carbonyl (C=O) groups is 3. The summed E-state index contributed by atoms with van der Waals surface area (Å²) in [6.45, 7) is 1.46. The molecule has 0 aromatic carbocycles. The molecule has 0 radical (unpaired) electrons. The highest BCUT2D eigenvalue weighted by molar-refractivity contribution is 5.80. The van der Waals surface area contributed by atoms with Gasteiger partial charge in [0.1, 0.15) is 6.04 Å². The molecule has 0 aliphatic rings. The Balaban J connectivity index is 0. The normalized spacial score (nSPS) is 12.9. The van der Waals surface area contributed by atoms with Crippen molar-refractivity contribution in [3.05, 3.63) is 0 Å². The van der Waals surface area contributed by atoms with Crippen LogP contribution in [-0.4, -0.2) is 40.1 Å². The Morgan fingerprint density at radius 2 is 1.76 bits per heavy atom. The third kappa shape index (κ3) is 12.2. The van der Waals surface area contributed by atoms with Crippen LogP contribution in [0.15, 0.2) is 0 Å². The number of hydrogen-bond donors (Lipinski definition) is 6. The van der Waals surface area contributed by atoms with E-state index in [1.807, 2.05) is 0 Å². The van der Waals surface area contributed by atoms with Gasteiger partial charge in [-0.05, 0) is 13.3 Å². The molecule has 17 heavy (non-hydrogen) atoms. The molecule has 0 bridgehead atoms. The largest absolute Gasteiger partial charge is 0.481 e. The Hall–Kier alpha value is -1.71. The van der Waals surface area contributed by atoms with Crippen LogP contribution < -0.4 is 22.7 Å². The quantitative estimate of drug-likeness (QED) is 0.222. The number of aliphatic carboxylic acids is 2. The first kappa shape index (κ1) is 17.7. The van der Waals surface area contributed by atoms with Gasteiger partial charge in [0, 0.05) is 6.42 Å². The second-order valence-corrected chi connectivity index (χ2v) is 3.17. The van der Waals surface area contributed by atoms with E-state index in [0.29, 0.717) is 0 Å². The molecule has 9 nitrogen and oxygen atoms in total. The molecule has 100 valence electrons. The van der Waals surface area contributed by atoms with Gasteiger partial charge in [0.15, 0.2) is 0 Å². The van der Waals surface area contributed by atoms with Gasteiger partial charge in [-0.3, -0.25) is 20.2 Å². The second kappa shape index (κ2) is 9.51. The number of carboxylic acids is 2. The summed E-state index contributed by atoms with van der Waals surface area (Å²) in [7, 11) is 0. The fourth-order valence-electron chi connectivity index (χ4n) is 0.493. The highest BCUT2D eigenvalue weighted by atomic mass is 16.4. The molecule has 0 saturated carbocycles. The van der Waals surface area contributed by atoms with Crippen LogP contribution in [0.5, 0.6) is 0 Å². The van der Waals surface area contributed by atoms with Crippen molar-refractivity contribution >= 4 is 17.8 Å². The summed E-state index contributed by atoms with van der Waals surface area (Å²) in [5, 5.41) is 16.2. The van der Waals surface area contributed by atoms with Gasteiger partial charge < -0.3 is 21.7 Å². The van der Waals surface area contributed by atoms with E-state index in [1.165, 1.54) is 6.92 Å². The second-order valence-electron chi connectivity index (χ2n) is 3.17. The minimum absolute atomic E-state index is 0.102. The van der Waals surface area contributed by atoms with Crippen molar-refractivity contribution in [2.24, 2.45) is 17.3 Å². The topological polar surface area (TPSA) is 182 Å². The summed E-state index contributed by atoms with van der Waals surface area (Å²) in [6, 6.07) is -1.49. The van der Waals surface area contributed by atoms with Crippen LogP contribution in [0, 0.1) is 0 Å². The lowest BCUT2D eigenvalue weighted by Gasteiger charge is -2.02. The first-order valence-electron chi connectivity index (χ1n) is 4.68. The zero-order valence-corrected chi connectivity index (χ0v) is 9.42. The van der Waals surface area contributed by atoms with E-state index < -0.39 is 29.9 Å². The number of amides is 1. The van der Waals surface area contributed by atoms with Gasteiger partial charge in [-0.2, -0.15) is 0 Å². The maximum atomic E-state index is 10.2. The number of hydrogen-bond acceptors (Lipinski definition) is 6. The summed E-state index contributed by atoms with van der Waals surface area (Å²) in [4.78, 5) is 29.9. The van der Waals surface area contributed by atoms with Crippen LogP contribution in [0.1, 0.15) is 19.8 Å². The van der Waals surface area contributed by atoms with Crippen LogP contribution in [0.2, 0.25) is 0 Å². The molecule has 2 unspecified atom stereocenters. The monoisotopic (exact) mass is 250 g/mol. The van der Waals surface area contributed by atoms with Crippen LogP contribution in [0.3, 0.4) is 0 Å². The number of rotatable bonds is 6. The molecule has 0 aromatic rings. The standard InChI is InChI=1S/C5H10N2O3.C3H8N2O2/c6-3(5(7)10)1-2-4(8)9;1-2(5-4)3(6)7/h3H,1-2,6H2,(H2,7,10)(H,8,9);2,5H,4H2,1H3,(H,6,7). The number of carboxylic acid groups (broad SMARTS) is 2. The van der Waals surface area contributed by atoms with Gasteiger partial charge in [-0.1, -0.05) is 0 Å². The fraction of sp³-hybridized carbons (Fsp3) is 0.625. The average Bonchev–Trinajstić information content (AvgIpc) is 2.24. The molecule has 0 aliphatic heterocycles. The molecule has 9 N–H and O–H groups in total. The summed E-state index contributed by atoms with van der Waals surface area (Å²) in [5.41, 5.74) is 12.0. The SMILES string of the molecule is CC(NN)C(=O)O.NC(=O)C(N)CCC(=O)O. The van der Waals surface area contributed by atoms with Crippen molar-refractivity contribution in [2.75, 3.05) is 0 Å². The van der Waals surface area contributed by atoms with Gasteiger partial charge in [-0.15, -0.1) is 0 Å². The first-order valence-corrected chi connectivity index (χ1v) is 4.68. The van der Waals surface area contributed by atoms with E-state index in [2.05, 4.69) is 5.43 Å². The summed E-state index contributed by atoms with van der Waals surface area (Å²) < 4.78 is 0. The third-order valence-corrected chi connectivity index (χ3v) is 1.66. The Kier molecular flexibility index (Phi) is 9.89. The summed E-state index contributed by atoms with van der Waals surface area (Å²) in [6.07, 6.45) is -0.0191. The van der Waals surface area contributed by atoms with E-state index in [1.54, 1.807) is 0 Å². The van der Waals surface area contributed by atoms with Crippen molar-refractivity contribution in [1.29, 1.82) is 0 Å². The third-order valence-electron chi connectivity index (χ3n) is 1.66. The molecule has 0 heterocycles. The van der Waals surface area contributed by atoms with Crippen LogP contribution in [0.25, 0.3) is 0 Å². The Morgan fingerprint density at radius 1 is 1.29 bits per heavy atom. The maximum Gasteiger partial charge on any atom is 0.321 e. The van der Waals surface area contributed by atoms with Crippen molar-refractivity contribution in [2.45, 2.75) is 31.8 Å². The van der Waals surface area contributed by atoms with Crippen LogP contribution >= 0.6 is 0 Å². The molecule has 0 rings (SSSR count). The molecule has 0 spiro atoms. The lowest BCUT2D eigenvalue weighted by Crippen LogP contribution is -2.38. The van der Waals surface area contributed by atoms with Crippen molar-refractivity contribution in [1.82, 2.24) is 5.43 Å². The smallest absolute Gasteiger partial charge is 0.321 e. The summed E-state index contributed by atoms with van der Waals surface area (Å²) >= 11 is 0. The molecule has 0 aliphatic carbocycles. The number of hydrazine groups is 1. The molecule has 0 aromatic heterocycles. The van der Waals surface area contributed by atoms with Gasteiger partial charge in [0.05, 0.1) is 6.04 Å². The number of primary amides is 1. The zero-order valence-electron chi connectivity index (χ0n) is 9.42. The van der Waals surface area contributed by atoms with Gasteiger partial charge in [-0.25, -0.2) is 5.43 Å². The van der Waals surface area contributed by atoms with Crippen molar-refractivity contribution in [3.8, 4) is 0 Å². The molecule has 9 heteroatoms. The Morgan fingerprint density at radius 3 is 1.94 bits per heavy atom. The molecular formula is C8H18N4O5. The van der Waals surface area contributed by atoms with Gasteiger partial charge >= 0.3 is 11.9 Å². The first-order chi connectivity index (χ1) is 7.72. The number of nitrogens with two attached hydrogens (primary N) is 3. The summed E-state index contributed by atoms with van der Waals surface area (Å²) in [5.74, 6) is 2.16. The fourth-order valence-corrected chi connectivity index (χ4v) is 0.493. The molecule has 2 atom stereocenters. The minimum Gasteiger partial charge on any atom is -0.481 e. The Labute approximate surface area is 97.9 Å².